The van der Waals surface area contributed by atoms with Gasteiger partial charge in [-0.05, 0) is 56.3 Å². The van der Waals surface area contributed by atoms with Gasteiger partial charge in [-0.2, -0.15) is 5.10 Å². The summed E-state index contributed by atoms with van der Waals surface area (Å²) >= 11 is 0. The van der Waals surface area contributed by atoms with E-state index in [-0.39, 0.29) is 23.5 Å². The summed E-state index contributed by atoms with van der Waals surface area (Å²) in [5, 5.41) is 10.1. The van der Waals surface area contributed by atoms with Gasteiger partial charge in [0.15, 0.2) is 0 Å². The van der Waals surface area contributed by atoms with E-state index in [1.54, 1.807) is 54.9 Å². The highest BCUT2D eigenvalue weighted by Crippen LogP contribution is 2.21. The molecule has 0 radical (unpaired) electrons. The van der Waals surface area contributed by atoms with E-state index in [1.807, 2.05) is 13.8 Å². The molecule has 0 aliphatic rings. The van der Waals surface area contributed by atoms with Gasteiger partial charge in [-0.15, -0.1) is 0 Å². The van der Waals surface area contributed by atoms with Gasteiger partial charge in [0.25, 0.3) is 5.91 Å². The van der Waals surface area contributed by atoms with Crippen LogP contribution in [0.1, 0.15) is 35.6 Å². The van der Waals surface area contributed by atoms with Gasteiger partial charge in [-0.1, -0.05) is 19.9 Å². The maximum Gasteiger partial charge on any atom is 0.259 e. The summed E-state index contributed by atoms with van der Waals surface area (Å²) in [6, 6.07) is 12.9. The molecule has 3 aromatic rings. The molecule has 150 valence electrons. The molecule has 3 rings (SSSR count). The summed E-state index contributed by atoms with van der Waals surface area (Å²) < 4.78 is 14.8. The van der Waals surface area contributed by atoms with Gasteiger partial charge in [0, 0.05) is 17.3 Å². The molecule has 2 aromatic carbocycles. The Kier molecular flexibility index (Phi) is 5.77. The van der Waals surface area contributed by atoms with Crippen molar-refractivity contribution >= 4 is 23.2 Å². The van der Waals surface area contributed by atoms with Crippen molar-refractivity contribution < 1.29 is 14.0 Å². The van der Waals surface area contributed by atoms with E-state index in [9.17, 15) is 14.0 Å². The summed E-state index contributed by atoms with van der Waals surface area (Å²) in [6.45, 7) is 7.16. The van der Waals surface area contributed by atoms with Crippen LogP contribution in [0.2, 0.25) is 0 Å². The Morgan fingerprint density at radius 2 is 1.62 bits per heavy atom. The molecule has 0 spiro atoms. The van der Waals surface area contributed by atoms with Crippen molar-refractivity contribution in [2.24, 2.45) is 5.92 Å². The number of benzene rings is 2. The first-order chi connectivity index (χ1) is 13.8. The summed E-state index contributed by atoms with van der Waals surface area (Å²) in [5.74, 6) is -0.880. The van der Waals surface area contributed by atoms with E-state index in [2.05, 4.69) is 15.7 Å². The van der Waals surface area contributed by atoms with E-state index < -0.39 is 0 Å². The molecule has 0 aliphatic heterocycles. The average molecular weight is 394 g/mol. The van der Waals surface area contributed by atoms with Gasteiger partial charge in [-0.25, -0.2) is 9.07 Å². The molecule has 1 aromatic heterocycles. The zero-order chi connectivity index (χ0) is 21.1. The first kappa shape index (κ1) is 20.3. The predicted molar refractivity (Wildman–Crippen MR) is 111 cm³/mol. The van der Waals surface area contributed by atoms with Crippen molar-refractivity contribution in [2.45, 2.75) is 27.7 Å². The molecule has 0 atom stereocenters. The molecule has 0 bridgehead atoms. The van der Waals surface area contributed by atoms with E-state index in [4.69, 9.17) is 0 Å². The van der Waals surface area contributed by atoms with Gasteiger partial charge < -0.3 is 10.6 Å². The van der Waals surface area contributed by atoms with E-state index in [0.29, 0.717) is 34.0 Å². The van der Waals surface area contributed by atoms with Crippen LogP contribution in [-0.4, -0.2) is 21.6 Å². The third-order valence-corrected chi connectivity index (χ3v) is 4.50. The van der Waals surface area contributed by atoms with E-state index in [1.165, 1.54) is 12.1 Å². The van der Waals surface area contributed by atoms with Gasteiger partial charge in [-0.3, -0.25) is 9.59 Å². The van der Waals surface area contributed by atoms with E-state index in [0.717, 1.165) is 0 Å². The second kappa shape index (κ2) is 8.26. The molecule has 7 heteroatoms. The molecule has 0 fully saturated rings. The molecule has 29 heavy (non-hydrogen) atoms. The van der Waals surface area contributed by atoms with Crippen molar-refractivity contribution in [3.05, 3.63) is 71.3 Å². The number of hydrogen-bond donors (Lipinski definition) is 2. The lowest BCUT2D eigenvalue weighted by Gasteiger charge is -2.10. The lowest BCUT2D eigenvalue weighted by molar-refractivity contribution is -0.118. The monoisotopic (exact) mass is 394 g/mol. The summed E-state index contributed by atoms with van der Waals surface area (Å²) in [4.78, 5) is 24.8. The van der Waals surface area contributed by atoms with Gasteiger partial charge in [0.05, 0.1) is 22.6 Å². The second-order valence-electron chi connectivity index (χ2n) is 7.11. The molecule has 6 nitrogen and oxygen atoms in total. The Labute approximate surface area is 168 Å². The van der Waals surface area contributed by atoms with Crippen molar-refractivity contribution in [1.82, 2.24) is 9.78 Å². The molecule has 0 unspecified atom stereocenters. The van der Waals surface area contributed by atoms with Crippen LogP contribution in [0.15, 0.2) is 48.5 Å². The zero-order valence-corrected chi connectivity index (χ0v) is 16.8. The minimum atomic E-state index is -0.335. The first-order valence-electron chi connectivity index (χ1n) is 9.30. The van der Waals surface area contributed by atoms with E-state index >= 15 is 0 Å². The number of nitrogens with zero attached hydrogens (tertiary/aromatic N) is 2. The van der Waals surface area contributed by atoms with Crippen LogP contribution in [-0.2, 0) is 4.79 Å². The minimum absolute atomic E-state index is 0.0965. The molecule has 0 saturated carbocycles. The number of amides is 2. The van der Waals surface area contributed by atoms with Crippen LogP contribution in [0, 0.1) is 25.6 Å². The molecule has 0 saturated heterocycles. The summed E-state index contributed by atoms with van der Waals surface area (Å²) in [5.41, 5.74) is 3.50. The van der Waals surface area contributed by atoms with Crippen LogP contribution in [0.5, 0.6) is 0 Å². The maximum absolute atomic E-state index is 13.2. The molecule has 1 heterocycles. The van der Waals surface area contributed by atoms with Crippen LogP contribution in [0.3, 0.4) is 0 Å². The standard InChI is InChI=1S/C22H23FN4O2/c1-13(2)21(28)24-17-6-5-7-18(12-17)25-22(29)20-14(3)26-27(15(20)4)19-10-8-16(23)9-11-19/h5-13H,1-4H3,(H,24,28)(H,25,29). The lowest BCUT2D eigenvalue weighted by atomic mass is 10.1. The van der Waals surface area contributed by atoms with Crippen molar-refractivity contribution in [3.63, 3.8) is 0 Å². The largest absolute Gasteiger partial charge is 0.326 e. The number of rotatable bonds is 5. The average Bonchev–Trinajstić information content (AvgIpc) is 2.96. The fourth-order valence-electron chi connectivity index (χ4n) is 2.96. The maximum atomic E-state index is 13.2. The number of nitrogens with one attached hydrogen (secondary N) is 2. The normalized spacial score (nSPS) is 10.8. The third kappa shape index (κ3) is 4.51. The van der Waals surface area contributed by atoms with Gasteiger partial charge in [0.2, 0.25) is 5.91 Å². The van der Waals surface area contributed by atoms with Crippen molar-refractivity contribution in [3.8, 4) is 5.69 Å². The van der Waals surface area contributed by atoms with Crippen LogP contribution < -0.4 is 10.6 Å². The number of anilines is 2. The number of hydrogen-bond acceptors (Lipinski definition) is 3. The zero-order valence-electron chi connectivity index (χ0n) is 16.8. The Bertz CT molecular complexity index is 1060. The highest BCUT2D eigenvalue weighted by Gasteiger charge is 2.20. The number of carbonyl (C=O) groups excluding carboxylic acids is 2. The number of halogens is 1. The molecule has 2 amide bonds. The third-order valence-electron chi connectivity index (χ3n) is 4.50. The fraction of sp³-hybridized carbons (Fsp3) is 0.227. The minimum Gasteiger partial charge on any atom is -0.326 e. The predicted octanol–water partition coefficient (Wildman–Crippen LogP) is 4.48. The lowest BCUT2D eigenvalue weighted by Crippen LogP contribution is -2.18. The first-order valence-corrected chi connectivity index (χ1v) is 9.30. The van der Waals surface area contributed by atoms with Gasteiger partial charge >= 0.3 is 0 Å². The summed E-state index contributed by atoms with van der Waals surface area (Å²) in [6.07, 6.45) is 0. The highest BCUT2D eigenvalue weighted by molar-refractivity contribution is 6.06. The molecule has 2 N–H and O–H groups in total. The quantitative estimate of drug-likeness (QED) is 0.670. The van der Waals surface area contributed by atoms with Crippen LogP contribution in [0.4, 0.5) is 15.8 Å². The second-order valence-corrected chi connectivity index (χ2v) is 7.11. The Morgan fingerprint density at radius 1 is 1.00 bits per heavy atom. The van der Waals surface area contributed by atoms with Crippen LogP contribution in [0.25, 0.3) is 5.69 Å². The molecular formula is C22H23FN4O2. The molecular weight excluding hydrogens is 371 g/mol. The Morgan fingerprint density at radius 3 is 2.24 bits per heavy atom. The number of carbonyl (C=O) groups is 2. The number of aryl methyl sites for hydroxylation is 1. The topological polar surface area (TPSA) is 76.0 Å². The van der Waals surface area contributed by atoms with Crippen molar-refractivity contribution in [1.29, 1.82) is 0 Å². The Hall–Kier alpha value is -3.48. The van der Waals surface area contributed by atoms with Gasteiger partial charge in [0.1, 0.15) is 5.82 Å². The van der Waals surface area contributed by atoms with Crippen molar-refractivity contribution in [2.75, 3.05) is 10.6 Å². The fourth-order valence-corrected chi connectivity index (χ4v) is 2.96. The SMILES string of the molecule is Cc1nn(-c2ccc(F)cc2)c(C)c1C(=O)Nc1cccc(NC(=O)C(C)C)c1. The van der Waals surface area contributed by atoms with Crippen LogP contribution >= 0.6 is 0 Å². The summed E-state index contributed by atoms with van der Waals surface area (Å²) in [7, 11) is 0. The molecule has 0 aliphatic carbocycles. The number of aromatic nitrogens is 2. The highest BCUT2D eigenvalue weighted by atomic mass is 19.1. The smallest absolute Gasteiger partial charge is 0.259 e. The Balaban J connectivity index is 1.83.